The van der Waals surface area contributed by atoms with Crippen LogP contribution >= 0.6 is 0 Å². The fourth-order valence-corrected chi connectivity index (χ4v) is 9.68. The van der Waals surface area contributed by atoms with Gasteiger partial charge in [-0.05, 0) is 91.0 Å². The van der Waals surface area contributed by atoms with Gasteiger partial charge < -0.3 is 4.74 Å². The van der Waals surface area contributed by atoms with Crippen LogP contribution in [0.4, 0.5) is 0 Å². The Labute approximate surface area is 298 Å². The number of para-hydroxylation sites is 1. The van der Waals surface area contributed by atoms with Gasteiger partial charge in [0.1, 0.15) is 11.5 Å². The fourth-order valence-electron chi connectivity index (χ4n) is 9.68. The molecule has 51 heavy (non-hydrogen) atoms. The van der Waals surface area contributed by atoms with Gasteiger partial charge in [-0.1, -0.05) is 170 Å². The van der Waals surface area contributed by atoms with Crippen LogP contribution in [0.2, 0.25) is 0 Å². The Balaban J connectivity index is 1.17. The van der Waals surface area contributed by atoms with Gasteiger partial charge in [0, 0.05) is 11.1 Å². The highest BCUT2D eigenvalue weighted by molar-refractivity contribution is 5.90. The van der Waals surface area contributed by atoms with Gasteiger partial charge in [-0.25, -0.2) is 0 Å². The summed E-state index contributed by atoms with van der Waals surface area (Å²) in [5.41, 5.74) is 16.7. The molecule has 0 bridgehead atoms. The van der Waals surface area contributed by atoms with Crippen molar-refractivity contribution in [2.75, 3.05) is 0 Å². The summed E-state index contributed by atoms with van der Waals surface area (Å²) in [6.07, 6.45) is 0. The van der Waals surface area contributed by atoms with Gasteiger partial charge in [0.05, 0.1) is 10.8 Å². The minimum Gasteiger partial charge on any atom is -0.457 e. The predicted molar refractivity (Wildman–Crippen MR) is 207 cm³/mol. The first-order chi connectivity index (χ1) is 25.3. The average molecular weight is 649 g/mol. The highest BCUT2D eigenvalue weighted by Crippen LogP contribution is 2.62. The van der Waals surface area contributed by atoms with Gasteiger partial charge in [-0.2, -0.15) is 0 Å². The van der Waals surface area contributed by atoms with Crippen molar-refractivity contribution in [3.8, 4) is 44.9 Å². The normalized spacial score (nSPS) is 14.7. The number of fused-ring (bicyclic) bond motifs is 12. The zero-order valence-corrected chi connectivity index (χ0v) is 27.9. The maximum absolute atomic E-state index is 6.74. The molecule has 1 heterocycles. The van der Waals surface area contributed by atoms with E-state index in [2.05, 4.69) is 194 Å². The lowest BCUT2D eigenvalue weighted by molar-refractivity contribution is 0.436. The predicted octanol–water partition coefficient (Wildman–Crippen LogP) is 12.2. The van der Waals surface area contributed by atoms with Gasteiger partial charge in [0.15, 0.2) is 0 Å². The van der Waals surface area contributed by atoms with Crippen molar-refractivity contribution in [2.24, 2.45) is 0 Å². The van der Waals surface area contributed by atoms with E-state index in [1.54, 1.807) is 0 Å². The second-order valence-corrected chi connectivity index (χ2v) is 13.9. The van der Waals surface area contributed by atoms with Gasteiger partial charge in [0.25, 0.3) is 0 Å². The minimum atomic E-state index is -0.500. The van der Waals surface area contributed by atoms with Crippen LogP contribution in [0.5, 0.6) is 11.5 Å². The first-order valence-electron chi connectivity index (χ1n) is 17.8. The summed E-state index contributed by atoms with van der Waals surface area (Å²) in [6, 6.07) is 71.4. The van der Waals surface area contributed by atoms with E-state index < -0.39 is 10.8 Å². The van der Waals surface area contributed by atoms with Crippen LogP contribution in [0.25, 0.3) is 33.4 Å². The van der Waals surface area contributed by atoms with Crippen LogP contribution in [0, 0.1) is 0 Å². The summed E-state index contributed by atoms with van der Waals surface area (Å²) in [6.45, 7) is 0. The van der Waals surface area contributed by atoms with Crippen LogP contribution in [0.3, 0.4) is 0 Å². The number of hydrogen-bond donors (Lipinski definition) is 0. The molecule has 2 aliphatic carbocycles. The Morgan fingerprint density at radius 1 is 0.275 bits per heavy atom. The summed E-state index contributed by atoms with van der Waals surface area (Å²) in [5, 5.41) is 0. The van der Waals surface area contributed by atoms with Gasteiger partial charge in [-0.3, -0.25) is 0 Å². The Bertz CT molecular complexity index is 2590. The zero-order chi connectivity index (χ0) is 33.6. The van der Waals surface area contributed by atoms with E-state index in [9.17, 15) is 0 Å². The summed E-state index contributed by atoms with van der Waals surface area (Å²) >= 11 is 0. The summed E-state index contributed by atoms with van der Waals surface area (Å²) in [7, 11) is 0. The molecular weight excluding hydrogens is 617 g/mol. The Morgan fingerprint density at radius 2 is 0.725 bits per heavy atom. The molecule has 1 aliphatic heterocycles. The highest BCUT2D eigenvalue weighted by atomic mass is 16.5. The standard InChI is InChI=1S/C50H32O/c1-2-16-35(17-3-1)49(41-23-8-4-19-37(41)38-20-5-9-24-42(38)49)36-18-14-15-33(31-36)34-29-30-48-46(32-34)50(45-27-12-13-28-47(45)51-48)43-25-10-6-21-39(43)40-22-7-11-26-44(40)50/h1-32H. The summed E-state index contributed by atoms with van der Waals surface area (Å²) in [5.74, 6) is 1.81. The number of hydrogen-bond acceptors (Lipinski definition) is 1. The van der Waals surface area contributed by atoms with E-state index in [0.29, 0.717) is 0 Å². The molecule has 1 spiro atoms. The van der Waals surface area contributed by atoms with Crippen molar-refractivity contribution in [3.63, 3.8) is 0 Å². The van der Waals surface area contributed by atoms with Crippen LogP contribution in [0.15, 0.2) is 194 Å². The second-order valence-electron chi connectivity index (χ2n) is 13.9. The molecule has 238 valence electrons. The topological polar surface area (TPSA) is 9.23 Å². The molecule has 0 atom stereocenters. The highest BCUT2D eigenvalue weighted by Gasteiger charge is 2.51. The zero-order valence-electron chi connectivity index (χ0n) is 27.9. The van der Waals surface area contributed by atoms with E-state index in [4.69, 9.17) is 4.74 Å². The first-order valence-corrected chi connectivity index (χ1v) is 17.8. The van der Waals surface area contributed by atoms with Crippen LogP contribution in [-0.4, -0.2) is 0 Å². The summed E-state index contributed by atoms with van der Waals surface area (Å²) in [4.78, 5) is 0. The Kier molecular flexibility index (Phi) is 5.86. The van der Waals surface area contributed by atoms with Crippen LogP contribution in [0.1, 0.15) is 44.5 Å². The lowest BCUT2D eigenvalue weighted by atomic mass is 9.65. The molecule has 1 nitrogen and oxygen atoms in total. The van der Waals surface area contributed by atoms with E-state index in [0.717, 1.165) is 11.5 Å². The Morgan fingerprint density at radius 3 is 1.33 bits per heavy atom. The molecule has 8 aromatic rings. The maximum atomic E-state index is 6.74. The average Bonchev–Trinajstić information content (AvgIpc) is 3.67. The molecule has 1 heteroatoms. The lowest BCUT2D eigenvalue weighted by Gasteiger charge is -2.39. The molecule has 0 saturated carbocycles. The van der Waals surface area contributed by atoms with Crippen molar-refractivity contribution < 1.29 is 4.74 Å². The number of rotatable bonds is 3. The van der Waals surface area contributed by atoms with Crippen molar-refractivity contribution >= 4 is 0 Å². The molecular formula is C50H32O. The van der Waals surface area contributed by atoms with Gasteiger partial charge in [0.2, 0.25) is 0 Å². The quantitative estimate of drug-likeness (QED) is 0.185. The minimum absolute atomic E-state index is 0.453. The monoisotopic (exact) mass is 648 g/mol. The molecule has 0 fully saturated rings. The molecule has 11 rings (SSSR count). The lowest BCUT2D eigenvalue weighted by Crippen LogP contribution is -2.32. The smallest absolute Gasteiger partial charge is 0.132 e. The van der Waals surface area contributed by atoms with E-state index in [-0.39, 0.29) is 0 Å². The molecule has 0 saturated heterocycles. The van der Waals surface area contributed by atoms with Crippen LogP contribution in [-0.2, 0) is 10.8 Å². The molecule has 0 unspecified atom stereocenters. The van der Waals surface area contributed by atoms with E-state index >= 15 is 0 Å². The number of ether oxygens (including phenoxy) is 1. The van der Waals surface area contributed by atoms with E-state index in [1.165, 1.54) is 77.9 Å². The van der Waals surface area contributed by atoms with Crippen LogP contribution < -0.4 is 4.74 Å². The second kappa shape index (κ2) is 10.5. The molecule has 0 radical (unpaired) electrons. The fraction of sp³-hybridized carbons (Fsp3) is 0.0400. The van der Waals surface area contributed by atoms with E-state index in [1.807, 2.05) is 0 Å². The van der Waals surface area contributed by atoms with Gasteiger partial charge in [-0.15, -0.1) is 0 Å². The molecule has 0 aromatic heterocycles. The summed E-state index contributed by atoms with van der Waals surface area (Å²) < 4.78 is 6.74. The first kappa shape index (κ1) is 28.4. The van der Waals surface area contributed by atoms with Crippen molar-refractivity contribution in [3.05, 3.63) is 239 Å². The third-order valence-corrected chi connectivity index (χ3v) is 11.6. The van der Waals surface area contributed by atoms with Crippen molar-refractivity contribution in [2.45, 2.75) is 10.8 Å². The molecule has 0 amide bonds. The van der Waals surface area contributed by atoms with Gasteiger partial charge >= 0.3 is 0 Å². The van der Waals surface area contributed by atoms with Crippen molar-refractivity contribution in [1.29, 1.82) is 0 Å². The third-order valence-electron chi connectivity index (χ3n) is 11.6. The molecule has 0 N–H and O–H groups in total. The SMILES string of the molecule is c1ccc(C2(c3cccc(-c4ccc5c(c4)C4(c6ccccc6O5)c5ccccc5-c5ccccc54)c3)c3ccccc3-c3ccccc32)cc1. The maximum Gasteiger partial charge on any atom is 0.132 e. The van der Waals surface area contributed by atoms with Crippen molar-refractivity contribution in [1.82, 2.24) is 0 Å². The number of benzene rings is 8. The molecule has 3 aliphatic rings. The Hall–Kier alpha value is -6.44. The third kappa shape index (κ3) is 3.65. The largest absolute Gasteiger partial charge is 0.457 e. The molecule has 8 aromatic carbocycles.